The lowest BCUT2D eigenvalue weighted by Gasteiger charge is -2.24. The van der Waals surface area contributed by atoms with Crippen molar-refractivity contribution in [3.63, 3.8) is 0 Å². The maximum atomic E-state index is 12.3. The van der Waals surface area contributed by atoms with Gasteiger partial charge in [-0.25, -0.2) is 4.79 Å². The molecule has 1 fully saturated rings. The van der Waals surface area contributed by atoms with Gasteiger partial charge < -0.3 is 21.3 Å². The van der Waals surface area contributed by atoms with Crippen molar-refractivity contribution in [1.82, 2.24) is 10.2 Å². The standard InChI is InChI=1S/C14H17BrN4O3/c15-9-3-1-4-10(7-9)18-14(22)19-6-2-5-11(19)13(21)17-8-12(16)20/h1,3-4,7,11H,2,5-6,8H2,(H2,16,20)(H,17,21)(H,18,22). The van der Waals surface area contributed by atoms with Gasteiger partial charge in [-0.3, -0.25) is 9.59 Å². The number of benzene rings is 1. The third kappa shape index (κ3) is 4.20. The fraction of sp³-hybridized carbons (Fsp3) is 0.357. The zero-order valence-corrected chi connectivity index (χ0v) is 13.4. The minimum atomic E-state index is -0.614. The van der Waals surface area contributed by atoms with Crippen LogP contribution in [-0.4, -0.2) is 41.9 Å². The molecule has 4 amide bonds. The molecule has 0 spiro atoms. The molecule has 1 heterocycles. The number of nitrogens with zero attached hydrogens (tertiary/aromatic N) is 1. The Morgan fingerprint density at radius 1 is 1.36 bits per heavy atom. The van der Waals surface area contributed by atoms with Crippen LogP contribution in [0.4, 0.5) is 10.5 Å². The van der Waals surface area contributed by atoms with Gasteiger partial charge in [-0.05, 0) is 31.0 Å². The highest BCUT2D eigenvalue weighted by Gasteiger charge is 2.34. The highest BCUT2D eigenvalue weighted by Crippen LogP contribution is 2.20. The van der Waals surface area contributed by atoms with Gasteiger partial charge in [0, 0.05) is 16.7 Å². The second kappa shape index (κ2) is 7.26. The van der Waals surface area contributed by atoms with Crippen molar-refractivity contribution in [2.24, 2.45) is 5.73 Å². The van der Waals surface area contributed by atoms with E-state index in [1.807, 2.05) is 6.07 Å². The number of likely N-dealkylation sites (tertiary alicyclic amines) is 1. The van der Waals surface area contributed by atoms with Crippen LogP contribution in [0, 0.1) is 0 Å². The smallest absolute Gasteiger partial charge is 0.322 e. The molecule has 22 heavy (non-hydrogen) atoms. The molecule has 1 aliphatic rings. The predicted molar refractivity (Wildman–Crippen MR) is 85.1 cm³/mol. The van der Waals surface area contributed by atoms with Crippen LogP contribution in [0.25, 0.3) is 0 Å². The van der Waals surface area contributed by atoms with Crippen molar-refractivity contribution in [3.05, 3.63) is 28.7 Å². The zero-order valence-electron chi connectivity index (χ0n) is 11.8. The summed E-state index contributed by atoms with van der Waals surface area (Å²) < 4.78 is 0.850. The molecule has 2 rings (SSSR count). The first-order valence-electron chi connectivity index (χ1n) is 6.86. The van der Waals surface area contributed by atoms with Gasteiger partial charge >= 0.3 is 6.03 Å². The number of hydrogen-bond donors (Lipinski definition) is 3. The Morgan fingerprint density at radius 3 is 2.82 bits per heavy atom. The van der Waals surface area contributed by atoms with E-state index < -0.39 is 11.9 Å². The van der Waals surface area contributed by atoms with E-state index in [0.29, 0.717) is 18.7 Å². The summed E-state index contributed by atoms with van der Waals surface area (Å²) in [5, 5.41) is 5.20. The second-order valence-electron chi connectivity index (χ2n) is 4.98. The van der Waals surface area contributed by atoms with Crippen molar-refractivity contribution >= 4 is 39.5 Å². The summed E-state index contributed by atoms with van der Waals surface area (Å²) in [6.45, 7) is 0.269. The minimum absolute atomic E-state index is 0.226. The van der Waals surface area contributed by atoms with E-state index in [1.54, 1.807) is 18.2 Å². The van der Waals surface area contributed by atoms with Crippen LogP contribution in [0.1, 0.15) is 12.8 Å². The summed E-state index contributed by atoms with van der Waals surface area (Å²) >= 11 is 3.33. The van der Waals surface area contributed by atoms with Crippen molar-refractivity contribution in [1.29, 1.82) is 0 Å². The molecule has 0 radical (unpaired) electrons. The second-order valence-corrected chi connectivity index (χ2v) is 5.89. The summed E-state index contributed by atoms with van der Waals surface area (Å²) in [6, 6.07) is 6.28. The van der Waals surface area contributed by atoms with E-state index in [2.05, 4.69) is 26.6 Å². The van der Waals surface area contributed by atoms with E-state index >= 15 is 0 Å². The lowest BCUT2D eigenvalue weighted by Crippen LogP contribution is -2.48. The molecular weight excluding hydrogens is 352 g/mol. The maximum Gasteiger partial charge on any atom is 0.322 e. The maximum absolute atomic E-state index is 12.3. The number of carbonyl (C=O) groups excluding carboxylic acids is 3. The Hall–Kier alpha value is -2.09. The molecule has 0 aliphatic carbocycles. The van der Waals surface area contributed by atoms with Gasteiger partial charge in [0.15, 0.2) is 0 Å². The quantitative estimate of drug-likeness (QED) is 0.739. The van der Waals surface area contributed by atoms with Crippen molar-refractivity contribution in [2.75, 3.05) is 18.4 Å². The van der Waals surface area contributed by atoms with Crippen LogP contribution in [-0.2, 0) is 9.59 Å². The fourth-order valence-electron chi connectivity index (χ4n) is 2.34. The number of rotatable bonds is 4. The van der Waals surface area contributed by atoms with Crippen molar-refractivity contribution in [2.45, 2.75) is 18.9 Å². The van der Waals surface area contributed by atoms with Crippen LogP contribution in [0.2, 0.25) is 0 Å². The van der Waals surface area contributed by atoms with Gasteiger partial charge in [0.05, 0.1) is 6.54 Å². The molecule has 0 aromatic heterocycles. The normalized spacial score (nSPS) is 17.1. The number of anilines is 1. The summed E-state index contributed by atoms with van der Waals surface area (Å²) in [5.41, 5.74) is 5.64. The van der Waals surface area contributed by atoms with Gasteiger partial charge in [-0.2, -0.15) is 0 Å². The van der Waals surface area contributed by atoms with E-state index in [4.69, 9.17) is 5.73 Å². The number of urea groups is 1. The van der Waals surface area contributed by atoms with Gasteiger partial charge in [0.2, 0.25) is 11.8 Å². The van der Waals surface area contributed by atoms with Gasteiger partial charge in [-0.1, -0.05) is 22.0 Å². The van der Waals surface area contributed by atoms with Crippen LogP contribution in [0.5, 0.6) is 0 Å². The summed E-state index contributed by atoms with van der Waals surface area (Å²) in [7, 11) is 0. The average molecular weight is 369 g/mol. The molecule has 1 aromatic rings. The summed E-state index contributed by atoms with van der Waals surface area (Å²) in [4.78, 5) is 36.5. The predicted octanol–water partition coefficient (Wildman–Crippen LogP) is 1.05. The van der Waals surface area contributed by atoms with Crippen LogP contribution in [0.15, 0.2) is 28.7 Å². The number of carbonyl (C=O) groups is 3. The minimum Gasteiger partial charge on any atom is -0.368 e. The molecule has 0 bridgehead atoms. The average Bonchev–Trinajstić information content (AvgIpc) is 2.94. The topological polar surface area (TPSA) is 105 Å². The number of amides is 4. The Morgan fingerprint density at radius 2 is 2.14 bits per heavy atom. The highest BCUT2D eigenvalue weighted by molar-refractivity contribution is 9.10. The monoisotopic (exact) mass is 368 g/mol. The molecule has 1 aromatic carbocycles. The van der Waals surface area contributed by atoms with Crippen LogP contribution < -0.4 is 16.4 Å². The molecule has 8 heteroatoms. The molecule has 1 atom stereocenters. The first kappa shape index (κ1) is 16.3. The van der Waals surface area contributed by atoms with E-state index in [-0.39, 0.29) is 18.5 Å². The largest absolute Gasteiger partial charge is 0.368 e. The molecule has 4 N–H and O–H groups in total. The molecule has 1 saturated heterocycles. The fourth-order valence-corrected chi connectivity index (χ4v) is 2.74. The molecule has 1 unspecified atom stereocenters. The number of nitrogens with one attached hydrogen (secondary N) is 2. The molecule has 118 valence electrons. The third-order valence-corrected chi connectivity index (χ3v) is 3.82. The first-order valence-corrected chi connectivity index (χ1v) is 7.66. The Bertz CT molecular complexity index is 593. The van der Waals surface area contributed by atoms with Crippen LogP contribution >= 0.6 is 15.9 Å². The molecule has 7 nitrogen and oxygen atoms in total. The molecule has 1 aliphatic heterocycles. The lowest BCUT2D eigenvalue weighted by molar-refractivity contribution is -0.127. The highest BCUT2D eigenvalue weighted by atomic mass is 79.9. The van der Waals surface area contributed by atoms with E-state index in [0.717, 1.165) is 10.9 Å². The number of primary amides is 1. The lowest BCUT2D eigenvalue weighted by atomic mass is 10.2. The molecular formula is C14H17BrN4O3. The van der Waals surface area contributed by atoms with Crippen molar-refractivity contribution < 1.29 is 14.4 Å². The van der Waals surface area contributed by atoms with Gasteiger partial charge in [-0.15, -0.1) is 0 Å². The van der Waals surface area contributed by atoms with Crippen LogP contribution in [0.3, 0.4) is 0 Å². The van der Waals surface area contributed by atoms with Crippen molar-refractivity contribution in [3.8, 4) is 0 Å². The Kier molecular flexibility index (Phi) is 5.37. The zero-order chi connectivity index (χ0) is 16.1. The summed E-state index contributed by atoms with van der Waals surface area (Å²) in [5.74, 6) is -0.975. The first-order chi connectivity index (χ1) is 10.5. The van der Waals surface area contributed by atoms with E-state index in [1.165, 1.54) is 4.90 Å². The SMILES string of the molecule is NC(=O)CNC(=O)C1CCCN1C(=O)Nc1cccc(Br)c1. The van der Waals surface area contributed by atoms with E-state index in [9.17, 15) is 14.4 Å². The summed E-state index contributed by atoms with van der Waals surface area (Å²) in [6.07, 6.45) is 1.30. The number of hydrogen-bond acceptors (Lipinski definition) is 3. The van der Waals surface area contributed by atoms with Gasteiger partial charge in [0.1, 0.15) is 6.04 Å². The third-order valence-electron chi connectivity index (χ3n) is 3.33. The van der Waals surface area contributed by atoms with Gasteiger partial charge in [0.25, 0.3) is 0 Å². The molecule has 0 saturated carbocycles. The Balaban J connectivity index is 1.98. The Labute approximate surface area is 136 Å². The number of halogens is 1. The number of nitrogens with two attached hydrogens (primary N) is 1.